The first-order valence-corrected chi connectivity index (χ1v) is 7.47. The second-order valence-electron chi connectivity index (χ2n) is 4.64. The fraction of sp³-hybridized carbons (Fsp3) is 0.333. The van der Waals surface area contributed by atoms with E-state index in [1.807, 2.05) is 12.1 Å². The highest BCUT2D eigenvalue weighted by atomic mass is 16.2. The number of hydrogen-bond acceptors (Lipinski definition) is 3. The van der Waals surface area contributed by atoms with Crippen LogP contribution < -0.4 is 10.6 Å². The lowest BCUT2D eigenvalue weighted by Crippen LogP contribution is -2.26. The SMILES string of the molecule is CCO.c1ccc(CNCCNCc2ccccc2)cc1. The summed E-state index contributed by atoms with van der Waals surface area (Å²) in [5, 5.41) is 14.4. The van der Waals surface area contributed by atoms with Gasteiger partial charge in [0.05, 0.1) is 0 Å². The van der Waals surface area contributed by atoms with Crippen molar-refractivity contribution in [3.05, 3.63) is 71.8 Å². The molecule has 3 nitrogen and oxygen atoms in total. The molecule has 0 fully saturated rings. The summed E-state index contributed by atoms with van der Waals surface area (Å²) >= 11 is 0. The highest BCUT2D eigenvalue weighted by Gasteiger charge is 1.92. The van der Waals surface area contributed by atoms with Crippen molar-refractivity contribution in [1.82, 2.24) is 10.6 Å². The predicted octanol–water partition coefficient (Wildman–Crippen LogP) is 2.56. The van der Waals surface area contributed by atoms with E-state index in [1.54, 1.807) is 6.92 Å². The molecule has 0 saturated carbocycles. The highest BCUT2D eigenvalue weighted by molar-refractivity contribution is 5.15. The number of aliphatic hydroxyl groups is 1. The van der Waals surface area contributed by atoms with E-state index in [1.165, 1.54) is 11.1 Å². The molecule has 0 radical (unpaired) electrons. The first-order valence-electron chi connectivity index (χ1n) is 7.47. The van der Waals surface area contributed by atoms with Gasteiger partial charge in [-0.1, -0.05) is 60.7 Å². The van der Waals surface area contributed by atoms with Crippen LogP contribution in [0.3, 0.4) is 0 Å². The van der Waals surface area contributed by atoms with Crippen LogP contribution in [0.15, 0.2) is 60.7 Å². The molecule has 0 aliphatic carbocycles. The number of hydrogen-bond donors (Lipinski definition) is 3. The quantitative estimate of drug-likeness (QED) is 0.685. The molecule has 2 rings (SSSR count). The zero-order valence-electron chi connectivity index (χ0n) is 12.8. The molecule has 3 N–H and O–H groups in total. The Morgan fingerprint density at radius 3 is 1.38 bits per heavy atom. The number of nitrogens with one attached hydrogen (secondary N) is 2. The van der Waals surface area contributed by atoms with Crippen LogP contribution in [0.1, 0.15) is 18.1 Å². The molecule has 3 heteroatoms. The normalized spacial score (nSPS) is 9.81. The minimum absolute atomic E-state index is 0.250. The number of benzene rings is 2. The van der Waals surface area contributed by atoms with Crippen molar-refractivity contribution >= 4 is 0 Å². The fourth-order valence-corrected chi connectivity index (χ4v) is 1.83. The smallest absolute Gasteiger partial charge is 0.0402 e. The van der Waals surface area contributed by atoms with Crippen LogP contribution in [0.4, 0.5) is 0 Å². The fourth-order valence-electron chi connectivity index (χ4n) is 1.83. The minimum Gasteiger partial charge on any atom is -0.397 e. The Balaban J connectivity index is 0.000000677. The molecule has 0 aliphatic heterocycles. The summed E-state index contributed by atoms with van der Waals surface area (Å²) in [5.41, 5.74) is 2.67. The maximum Gasteiger partial charge on any atom is 0.0402 e. The molecule has 2 aromatic rings. The lowest BCUT2D eigenvalue weighted by molar-refractivity contribution is 0.318. The van der Waals surface area contributed by atoms with Crippen LogP contribution in [0.25, 0.3) is 0 Å². The molecule has 0 amide bonds. The molecule has 2 aromatic carbocycles. The standard InChI is InChI=1S/C16H20N2.C2H6O/c1-3-7-15(8-4-1)13-17-11-12-18-14-16-9-5-2-6-10-16;1-2-3/h1-10,17-18H,11-14H2;3H,2H2,1H3. The van der Waals surface area contributed by atoms with Crippen LogP contribution >= 0.6 is 0 Å². The molecule has 0 heterocycles. The van der Waals surface area contributed by atoms with Gasteiger partial charge >= 0.3 is 0 Å². The average molecular weight is 286 g/mol. The summed E-state index contributed by atoms with van der Waals surface area (Å²) in [5.74, 6) is 0. The molecule has 0 unspecified atom stereocenters. The maximum absolute atomic E-state index is 7.57. The molecule has 0 spiro atoms. The van der Waals surface area contributed by atoms with Gasteiger partial charge in [-0.3, -0.25) is 0 Å². The zero-order chi connectivity index (χ0) is 15.2. The van der Waals surface area contributed by atoms with Gasteiger partial charge in [-0.05, 0) is 18.1 Å². The molecule has 0 saturated heterocycles. The molecule has 114 valence electrons. The highest BCUT2D eigenvalue weighted by Crippen LogP contribution is 1.97. The van der Waals surface area contributed by atoms with Crippen molar-refractivity contribution < 1.29 is 5.11 Å². The van der Waals surface area contributed by atoms with Crippen LogP contribution in [-0.4, -0.2) is 24.8 Å². The Morgan fingerprint density at radius 2 is 1.05 bits per heavy atom. The van der Waals surface area contributed by atoms with E-state index in [0.717, 1.165) is 26.2 Å². The predicted molar refractivity (Wildman–Crippen MR) is 89.1 cm³/mol. The van der Waals surface area contributed by atoms with Gasteiger partial charge in [0.25, 0.3) is 0 Å². The van der Waals surface area contributed by atoms with E-state index in [4.69, 9.17) is 5.11 Å². The van der Waals surface area contributed by atoms with E-state index >= 15 is 0 Å². The molecule has 0 aliphatic rings. The Hall–Kier alpha value is -1.68. The van der Waals surface area contributed by atoms with E-state index in [0.29, 0.717) is 0 Å². The van der Waals surface area contributed by atoms with E-state index in [-0.39, 0.29) is 6.61 Å². The Morgan fingerprint density at radius 1 is 0.714 bits per heavy atom. The van der Waals surface area contributed by atoms with Gasteiger partial charge in [-0.15, -0.1) is 0 Å². The van der Waals surface area contributed by atoms with Gasteiger partial charge in [-0.2, -0.15) is 0 Å². The van der Waals surface area contributed by atoms with Gasteiger partial charge < -0.3 is 15.7 Å². The second kappa shape index (κ2) is 12.1. The number of rotatable bonds is 7. The summed E-state index contributed by atoms with van der Waals surface area (Å²) in [6.07, 6.45) is 0. The summed E-state index contributed by atoms with van der Waals surface area (Å²) in [4.78, 5) is 0. The third-order valence-corrected chi connectivity index (χ3v) is 2.82. The Labute approximate surface area is 128 Å². The Bertz CT molecular complexity index is 402. The largest absolute Gasteiger partial charge is 0.397 e. The molecular weight excluding hydrogens is 260 g/mol. The third kappa shape index (κ3) is 8.97. The average Bonchev–Trinajstić information content (AvgIpc) is 2.53. The monoisotopic (exact) mass is 286 g/mol. The van der Waals surface area contributed by atoms with Crippen molar-refractivity contribution in [1.29, 1.82) is 0 Å². The van der Waals surface area contributed by atoms with Crippen molar-refractivity contribution in [3.8, 4) is 0 Å². The minimum atomic E-state index is 0.250. The summed E-state index contributed by atoms with van der Waals surface area (Å²) < 4.78 is 0. The van der Waals surface area contributed by atoms with Gasteiger partial charge in [0, 0.05) is 32.8 Å². The first kappa shape index (κ1) is 17.4. The second-order valence-corrected chi connectivity index (χ2v) is 4.64. The lowest BCUT2D eigenvalue weighted by atomic mass is 10.2. The van der Waals surface area contributed by atoms with E-state index in [9.17, 15) is 0 Å². The van der Waals surface area contributed by atoms with Crippen molar-refractivity contribution in [2.24, 2.45) is 0 Å². The zero-order valence-corrected chi connectivity index (χ0v) is 12.8. The van der Waals surface area contributed by atoms with Crippen molar-refractivity contribution in [2.75, 3.05) is 19.7 Å². The molecular formula is C18H26N2O. The maximum atomic E-state index is 7.57. The van der Waals surface area contributed by atoms with Crippen molar-refractivity contribution in [2.45, 2.75) is 20.0 Å². The molecule has 21 heavy (non-hydrogen) atoms. The van der Waals surface area contributed by atoms with Gasteiger partial charge in [0.2, 0.25) is 0 Å². The lowest BCUT2D eigenvalue weighted by Gasteiger charge is -2.06. The van der Waals surface area contributed by atoms with Crippen LogP contribution in [0.5, 0.6) is 0 Å². The Kier molecular flexibility index (Phi) is 10.0. The van der Waals surface area contributed by atoms with Gasteiger partial charge in [0.1, 0.15) is 0 Å². The summed E-state index contributed by atoms with van der Waals surface area (Å²) in [7, 11) is 0. The summed E-state index contributed by atoms with van der Waals surface area (Å²) in [6.45, 7) is 5.78. The third-order valence-electron chi connectivity index (χ3n) is 2.82. The van der Waals surface area contributed by atoms with E-state index in [2.05, 4.69) is 59.2 Å². The van der Waals surface area contributed by atoms with Gasteiger partial charge in [-0.25, -0.2) is 0 Å². The number of aliphatic hydroxyl groups excluding tert-OH is 1. The van der Waals surface area contributed by atoms with Crippen LogP contribution in [-0.2, 0) is 13.1 Å². The van der Waals surface area contributed by atoms with Crippen molar-refractivity contribution in [3.63, 3.8) is 0 Å². The topological polar surface area (TPSA) is 44.3 Å². The molecule has 0 aromatic heterocycles. The summed E-state index contributed by atoms with van der Waals surface area (Å²) in [6, 6.07) is 21.0. The van der Waals surface area contributed by atoms with E-state index < -0.39 is 0 Å². The first-order chi connectivity index (χ1) is 10.4. The van der Waals surface area contributed by atoms with Crippen LogP contribution in [0.2, 0.25) is 0 Å². The van der Waals surface area contributed by atoms with Crippen LogP contribution in [0, 0.1) is 0 Å². The molecule has 0 atom stereocenters. The molecule has 0 bridgehead atoms. The van der Waals surface area contributed by atoms with Gasteiger partial charge in [0.15, 0.2) is 0 Å².